The normalized spacial score (nSPS) is 11.0. The number of aryl methyl sites for hydroxylation is 1. The van der Waals surface area contributed by atoms with Gasteiger partial charge in [0.15, 0.2) is 11.5 Å². The van der Waals surface area contributed by atoms with Crippen LogP contribution < -0.4 is 19.5 Å². The van der Waals surface area contributed by atoms with E-state index in [9.17, 15) is 0 Å². The fourth-order valence-electron chi connectivity index (χ4n) is 3.88. The number of ether oxygens (including phenoxy) is 3. The molecule has 0 fully saturated rings. The van der Waals surface area contributed by atoms with Gasteiger partial charge < -0.3 is 19.5 Å². The first-order valence-electron chi connectivity index (χ1n) is 10.3. The van der Waals surface area contributed by atoms with Crippen molar-refractivity contribution in [1.29, 1.82) is 0 Å². The van der Waals surface area contributed by atoms with Gasteiger partial charge in [0.2, 0.25) is 0 Å². The molecule has 6 heteroatoms. The molecule has 0 amide bonds. The van der Waals surface area contributed by atoms with Gasteiger partial charge in [-0.3, -0.25) is 4.98 Å². The molecule has 0 unspecified atom stereocenters. The Labute approximate surface area is 182 Å². The van der Waals surface area contributed by atoms with Crippen LogP contribution in [-0.2, 0) is 6.42 Å². The van der Waals surface area contributed by atoms with Crippen LogP contribution in [0.2, 0.25) is 0 Å². The summed E-state index contributed by atoms with van der Waals surface area (Å²) in [7, 11) is 4.98. The van der Waals surface area contributed by atoms with Crippen molar-refractivity contribution in [3.63, 3.8) is 0 Å². The van der Waals surface area contributed by atoms with Crippen LogP contribution in [0.5, 0.6) is 17.2 Å². The molecule has 0 radical (unpaired) electrons. The molecule has 6 nitrogen and oxygen atoms in total. The molecule has 2 aromatic carbocycles. The smallest absolute Gasteiger partial charge is 0.161 e. The van der Waals surface area contributed by atoms with Crippen molar-refractivity contribution in [2.45, 2.75) is 20.3 Å². The van der Waals surface area contributed by atoms with Crippen molar-refractivity contribution in [1.82, 2.24) is 9.97 Å². The number of hydrogen-bond acceptors (Lipinski definition) is 6. The first-order valence-corrected chi connectivity index (χ1v) is 10.3. The molecular weight excluding hydrogens is 390 g/mol. The predicted molar refractivity (Wildman–Crippen MR) is 125 cm³/mol. The highest BCUT2D eigenvalue weighted by atomic mass is 16.5. The van der Waals surface area contributed by atoms with Crippen LogP contribution in [0.3, 0.4) is 0 Å². The number of anilines is 1. The van der Waals surface area contributed by atoms with Gasteiger partial charge in [-0.2, -0.15) is 0 Å². The van der Waals surface area contributed by atoms with Crippen LogP contribution in [0.1, 0.15) is 23.7 Å². The summed E-state index contributed by atoms with van der Waals surface area (Å²) in [6.45, 7) is 4.87. The van der Waals surface area contributed by atoms with Gasteiger partial charge in [-0.1, -0.05) is 0 Å². The van der Waals surface area contributed by atoms with Crippen LogP contribution >= 0.6 is 0 Å². The monoisotopic (exact) mass is 417 g/mol. The quantitative estimate of drug-likeness (QED) is 0.449. The van der Waals surface area contributed by atoms with E-state index in [2.05, 4.69) is 23.3 Å². The summed E-state index contributed by atoms with van der Waals surface area (Å²) < 4.78 is 16.4. The maximum atomic E-state index is 5.55. The van der Waals surface area contributed by atoms with Gasteiger partial charge in [0.25, 0.3) is 0 Å². The van der Waals surface area contributed by atoms with Crippen molar-refractivity contribution in [3.05, 3.63) is 59.4 Å². The highest BCUT2D eigenvalue weighted by molar-refractivity contribution is 5.91. The minimum atomic E-state index is 0.682. The average molecular weight is 418 g/mol. The van der Waals surface area contributed by atoms with Gasteiger partial charge in [-0.25, -0.2) is 4.98 Å². The molecular formula is C25H27N3O3. The third-order valence-electron chi connectivity index (χ3n) is 5.50. The van der Waals surface area contributed by atoms with Crippen molar-refractivity contribution in [2.75, 3.05) is 33.2 Å². The Balaban J connectivity index is 1.87. The molecule has 2 heterocycles. The van der Waals surface area contributed by atoms with E-state index < -0.39 is 0 Å². The Kier molecular flexibility index (Phi) is 5.80. The molecule has 0 bridgehead atoms. The zero-order chi connectivity index (χ0) is 22.0. The minimum Gasteiger partial charge on any atom is -0.497 e. The topological polar surface area (TPSA) is 65.5 Å². The number of hydrogen-bond donors (Lipinski definition) is 1. The van der Waals surface area contributed by atoms with E-state index >= 15 is 0 Å². The minimum absolute atomic E-state index is 0.682. The second-order valence-corrected chi connectivity index (χ2v) is 7.38. The lowest BCUT2D eigenvalue weighted by atomic mass is 9.98. The Bertz CT molecular complexity index is 1250. The van der Waals surface area contributed by atoms with E-state index in [4.69, 9.17) is 19.2 Å². The number of nitrogens with one attached hydrogen (secondary N) is 1. The lowest BCUT2D eigenvalue weighted by Gasteiger charge is -2.16. The van der Waals surface area contributed by atoms with Crippen LogP contribution in [0.25, 0.3) is 21.7 Å². The summed E-state index contributed by atoms with van der Waals surface area (Å²) in [6, 6.07) is 12.1. The van der Waals surface area contributed by atoms with E-state index in [0.29, 0.717) is 17.9 Å². The lowest BCUT2D eigenvalue weighted by molar-refractivity contribution is 0.356. The fraction of sp³-hybridized carbons (Fsp3) is 0.280. The molecule has 2 aromatic heterocycles. The Morgan fingerprint density at radius 1 is 0.871 bits per heavy atom. The van der Waals surface area contributed by atoms with Crippen molar-refractivity contribution in [2.24, 2.45) is 0 Å². The van der Waals surface area contributed by atoms with Gasteiger partial charge in [-0.05, 0) is 66.8 Å². The molecule has 0 saturated heterocycles. The largest absolute Gasteiger partial charge is 0.497 e. The van der Waals surface area contributed by atoms with Gasteiger partial charge in [0.05, 0.1) is 26.8 Å². The zero-order valence-corrected chi connectivity index (χ0v) is 18.6. The zero-order valence-electron chi connectivity index (χ0n) is 18.6. The Hall–Kier alpha value is -3.54. The SMILES string of the molecule is CCNc1nc2ccc(OC)cc2cc1Cc1cnc(C)c2cc(OC)c(OC)cc12. The second kappa shape index (κ2) is 8.68. The second-order valence-electron chi connectivity index (χ2n) is 7.38. The predicted octanol–water partition coefficient (Wildman–Crippen LogP) is 5.14. The molecule has 0 aliphatic carbocycles. The average Bonchev–Trinajstić information content (AvgIpc) is 2.80. The first kappa shape index (κ1) is 20.7. The molecule has 4 aromatic rings. The van der Waals surface area contributed by atoms with Crippen LogP contribution in [0.15, 0.2) is 42.6 Å². The molecule has 0 saturated carbocycles. The number of methoxy groups -OCH3 is 3. The maximum Gasteiger partial charge on any atom is 0.161 e. The summed E-state index contributed by atoms with van der Waals surface area (Å²) in [5.74, 6) is 3.10. The van der Waals surface area contributed by atoms with E-state index in [-0.39, 0.29) is 0 Å². The fourth-order valence-corrected chi connectivity index (χ4v) is 3.88. The Morgan fingerprint density at radius 3 is 2.29 bits per heavy atom. The van der Waals surface area contributed by atoms with Gasteiger partial charge in [0.1, 0.15) is 11.6 Å². The summed E-state index contributed by atoms with van der Waals surface area (Å²) >= 11 is 0. The van der Waals surface area contributed by atoms with Crippen molar-refractivity contribution >= 4 is 27.5 Å². The molecule has 0 aliphatic rings. The maximum absolute atomic E-state index is 5.55. The summed E-state index contributed by atoms with van der Waals surface area (Å²) in [4.78, 5) is 9.51. The number of pyridine rings is 2. The van der Waals surface area contributed by atoms with Crippen LogP contribution in [0.4, 0.5) is 5.82 Å². The number of aromatic nitrogens is 2. The number of benzene rings is 2. The first-order chi connectivity index (χ1) is 15.1. The highest BCUT2D eigenvalue weighted by Gasteiger charge is 2.15. The van der Waals surface area contributed by atoms with Crippen molar-refractivity contribution in [3.8, 4) is 17.2 Å². The lowest BCUT2D eigenvalue weighted by Crippen LogP contribution is -2.05. The highest BCUT2D eigenvalue weighted by Crippen LogP contribution is 2.36. The van der Waals surface area contributed by atoms with Gasteiger partial charge in [-0.15, -0.1) is 0 Å². The van der Waals surface area contributed by atoms with Crippen molar-refractivity contribution < 1.29 is 14.2 Å². The summed E-state index contributed by atoms with van der Waals surface area (Å²) in [5.41, 5.74) is 4.08. The Morgan fingerprint density at radius 2 is 1.61 bits per heavy atom. The van der Waals surface area contributed by atoms with E-state index in [1.165, 1.54) is 0 Å². The number of fused-ring (bicyclic) bond motifs is 2. The van der Waals surface area contributed by atoms with E-state index in [1.54, 1.807) is 21.3 Å². The van der Waals surface area contributed by atoms with E-state index in [1.807, 2.05) is 43.5 Å². The third-order valence-corrected chi connectivity index (χ3v) is 5.50. The molecule has 1 N–H and O–H groups in total. The molecule has 0 spiro atoms. The molecule has 0 atom stereocenters. The standard InChI is InChI=1S/C25H27N3O3/c1-6-26-25-17(9-16-11-19(29-3)7-8-22(16)28-25)10-18-14-27-15(2)20-12-23(30-4)24(31-5)13-21(18)20/h7-9,11-14H,6,10H2,1-5H3,(H,26,28). The molecule has 4 rings (SSSR count). The van der Waals surface area contributed by atoms with Crippen LogP contribution in [0, 0.1) is 6.92 Å². The third kappa shape index (κ3) is 3.93. The van der Waals surface area contributed by atoms with Gasteiger partial charge in [0, 0.05) is 35.6 Å². The number of nitrogens with zero attached hydrogens (tertiary/aromatic N) is 2. The molecule has 160 valence electrons. The van der Waals surface area contributed by atoms with Crippen LogP contribution in [-0.4, -0.2) is 37.8 Å². The summed E-state index contributed by atoms with van der Waals surface area (Å²) in [6.07, 6.45) is 2.62. The van der Waals surface area contributed by atoms with E-state index in [0.717, 1.165) is 56.6 Å². The number of rotatable bonds is 7. The summed E-state index contributed by atoms with van der Waals surface area (Å²) in [5, 5.41) is 6.60. The molecule has 0 aliphatic heterocycles. The van der Waals surface area contributed by atoms with Gasteiger partial charge >= 0.3 is 0 Å². The molecule has 31 heavy (non-hydrogen) atoms.